The maximum atomic E-state index is 12.3. The van der Waals surface area contributed by atoms with Gasteiger partial charge in [0.2, 0.25) is 0 Å². The van der Waals surface area contributed by atoms with Gasteiger partial charge < -0.3 is 15.0 Å². The van der Waals surface area contributed by atoms with Crippen LogP contribution in [0.15, 0.2) is 42.6 Å². The fraction of sp³-hybridized carbons (Fsp3) is 0.235. The minimum atomic E-state index is -0.517. The molecular formula is C17H17N3O3. The standard InChI is InChI=1S/C17H17N3O3/c1-11-17(22)20(2)14-9-12(6-7-15(14)23-11)16(21)19-10-13-5-3-4-8-18-13/h3-9,11H,10H2,1-2H3,(H,19,21). The normalized spacial score (nSPS) is 16.5. The molecule has 23 heavy (non-hydrogen) atoms. The summed E-state index contributed by atoms with van der Waals surface area (Å²) in [5, 5.41) is 2.81. The maximum absolute atomic E-state index is 12.3. The molecule has 0 fully saturated rings. The van der Waals surface area contributed by atoms with Crippen molar-refractivity contribution in [3.05, 3.63) is 53.9 Å². The average molecular weight is 311 g/mol. The van der Waals surface area contributed by atoms with Gasteiger partial charge in [0.1, 0.15) is 5.75 Å². The van der Waals surface area contributed by atoms with E-state index in [1.54, 1.807) is 38.4 Å². The number of hydrogen-bond donors (Lipinski definition) is 1. The summed E-state index contributed by atoms with van der Waals surface area (Å²) >= 11 is 0. The second-order valence-electron chi connectivity index (χ2n) is 5.34. The number of hydrogen-bond acceptors (Lipinski definition) is 4. The number of carbonyl (C=O) groups is 2. The first-order chi connectivity index (χ1) is 11.1. The minimum absolute atomic E-state index is 0.136. The first-order valence-electron chi connectivity index (χ1n) is 7.32. The monoisotopic (exact) mass is 311 g/mol. The second kappa shape index (κ2) is 6.08. The van der Waals surface area contributed by atoms with Crippen LogP contribution in [0.1, 0.15) is 23.0 Å². The van der Waals surface area contributed by atoms with Crippen molar-refractivity contribution in [2.45, 2.75) is 19.6 Å². The number of carbonyl (C=O) groups excluding carboxylic acids is 2. The average Bonchev–Trinajstić information content (AvgIpc) is 2.58. The highest BCUT2D eigenvalue weighted by Crippen LogP contribution is 2.33. The lowest BCUT2D eigenvalue weighted by molar-refractivity contribution is -0.125. The molecule has 0 spiro atoms. The highest BCUT2D eigenvalue weighted by molar-refractivity contribution is 6.02. The molecule has 2 aromatic rings. The van der Waals surface area contributed by atoms with Crippen LogP contribution in [0.3, 0.4) is 0 Å². The molecule has 1 N–H and O–H groups in total. The summed E-state index contributed by atoms with van der Waals surface area (Å²) in [6.45, 7) is 2.05. The summed E-state index contributed by atoms with van der Waals surface area (Å²) in [6.07, 6.45) is 1.16. The minimum Gasteiger partial charge on any atom is -0.479 e. The van der Waals surface area contributed by atoms with Gasteiger partial charge in [0.05, 0.1) is 17.9 Å². The molecule has 1 aromatic carbocycles. The van der Waals surface area contributed by atoms with Crippen LogP contribution < -0.4 is 15.0 Å². The maximum Gasteiger partial charge on any atom is 0.267 e. The third-order valence-electron chi connectivity index (χ3n) is 3.72. The topological polar surface area (TPSA) is 71.5 Å². The van der Waals surface area contributed by atoms with E-state index in [0.29, 0.717) is 23.5 Å². The van der Waals surface area contributed by atoms with Crippen LogP contribution in [0, 0.1) is 0 Å². The number of anilines is 1. The van der Waals surface area contributed by atoms with Crippen molar-refractivity contribution in [2.24, 2.45) is 0 Å². The van der Waals surface area contributed by atoms with Crippen LogP contribution in [0.5, 0.6) is 5.75 Å². The van der Waals surface area contributed by atoms with E-state index < -0.39 is 6.10 Å². The number of aromatic nitrogens is 1. The quantitative estimate of drug-likeness (QED) is 0.937. The summed E-state index contributed by atoms with van der Waals surface area (Å²) < 4.78 is 5.55. The molecule has 1 aliphatic heterocycles. The van der Waals surface area contributed by atoms with Gasteiger partial charge in [-0.25, -0.2) is 0 Å². The molecule has 1 aliphatic rings. The summed E-state index contributed by atoms with van der Waals surface area (Å²) in [5.74, 6) is 0.238. The summed E-state index contributed by atoms with van der Waals surface area (Å²) in [5.41, 5.74) is 1.85. The first kappa shape index (κ1) is 15.0. The molecule has 1 aromatic heterocycles. The first-order valence-corrected chi connectivity index (χ1v) is 7.32. The van der Waals surface area contributed by atoms with Gasteiger partial charge in [-0.15, -0.1) is 0 Å². The van der Waals surface area contributed by atoms with Gasteiger partial charge >= 0.3 is 0 Å². The number of rotatable bonds is 3. The molecule has 6 heteroatoms. The third-order valence-corrected chi connectivity index (χ3v) is 3.72. The van der Waals surface area contributed by atoms with E-state index in [2.05, 4.69) is 10.3 Å². The van der Waals surface area contributed by atoms with Gasteiger partial charge in [0.15, 0.2) is 6.10 Å². The Balaban J connectivity index is 1.76. The van der Waals surface area contributed by atoms with Crippen LogP contribution in [-0.2, 0) is 11.3 Å². The Morgan fingerprint density at radius 3 is 2.91 bits per heavy atom. The molecule has 0 saturated heterocycles. The van der Waals surface area contributed by atoms with Crippen LogP contribution in [0.2, 0.25) is 0 Å². The Labute approximate surface area is 134 Å². The fourth-order valence-electron chi connectivity index (χ4n) is 2.43. The van der Waals surface area contributed by atoms with Gasteiger partial charge in [0, 0.05) is 18.8 Å². The van der Waals surface area contributed by atoms with Crippen LogP contribution in [0.25, 0.3) is 0 Å². The molecular weight excluding hydrogens is 294 g/mol. The van der Waals surface area contributed by atoms with Crippen molar-refractivity contribution in [1.82, 2.24) is 10.3 Å². The third kappa shape index (κ3) is 3.01. The fourth-order valence-corrected chi connectivity index (χ4v) is 2.43. The van der Waals surface area contributed by atoms with Gasteiger partial charge in [-0.3, -0.25) is 14.6 Å². The predicted molar refractivity (Wildman–Crippen MR) is 85.3 cm³/mol. The molecule has 1 unspecified atom stereocenters. The SMILES string of the molecule is CC1Oc2ccc(C(=O)NCc3ccccn3)cc2N(C)C1=O. The lowest BCUT2D eigenvalue weighted by atomic mass is 10.1. The predicted octanol–water partition coefficient (Wildman–Crippen LogP) is 1.76. The molecule has 118 valence electrons. The van der Waals surface area contributed by atoms with Gasteiger partial charge in [-0.05, 0) is 37.3 Å². The number of pyridine rings is 1. The molecule has 0 saturated carbocycles. The number of amides is 2. The zero-order valence-electron chi connectivity index (χ0n) is 12.9. The van der Waals surface area contributed by atoms with Crippen LogP contribution >= 0.6 is 0 Å². The number of benzene rings is 1. The van der Waals surface area contributed by atoms with E-state index in [0.717, 1.165) is 5.69 Å². The Kier molecular flexibility index (Phi) is 3.97. The number of fused-ring (bicyclic) bond motifs is 1. The van der Waals surface area contributed by atoms with E-state index >= 15 is 0 Å². The number of likely N-dealkylation sites (N-methyl/N-ethyl adjacent to an activating group) is 1. The number of ether oxygens (including phenoxy) is 1. The van der Waals surface area contributed by atoms with Crippen molar-refractivity contribution in [3.8, 4) is 5.75 Å². The summed E-state index contributed by atoms with van der Waals surface area (Å²) in [7, 11) is 1.68. The van der Waals surface area contributed by atoms with Crippen molar-refractivity contribution in [1.29, 1.82) is 0 Å². The largest absolute Gasteiger partial charge is 0.479 e. The van der Waals surface area contributed by atoms with Crippen LogP contribution in [-0.4, -0.2) is 29.9 Å². The molecule has 2 amide bonds. The van der Waals surface area contributed by atoms with E-state index in [-0.39, 0.29) is 11.8 Å². The lowest BCUT2D eigenvalue weighted by Gasteiger charge is -2.30. The van der Waals surface area contributed by atoms with E-state index in [1.807, 2.05) is 18.2 Å². The van der Waals surface area contributed by atoms with Crippen molar-refractivity contribution < 1.29 is 14.3 Å². The van der Waals surface area contributed by atoms with Gasteiger partial charge in [0.25, 0.3) is 11.8 Å². The van der Waals surface area contributed by atoms with Gasteiger partial charge in [-0.2, -0.15) is 0 Å². The van der Waals surface area contributed by atoms with E-state index in [1.165, 1.54) is 4.90 Å². The zero-order valence-corrected chi connectivity index (χ0v) is 12.9. The summed E-state index contributed by atoms with van der Waals surface area (Å²) in [4.78, 5) is 29.9. The highest BCUT2D eigenvalue weighted by atomic mass is 16.5. The van der Waals surface area contributed by atoms with Crippen LogP contribution in [0.4, 0.5) is 5.69 Å². The smallest absolute Gasteiger partial charge is 0.267 e. The molecule has 0 radical (unpaired) electrons. The molecule has 0 aliphatic carbocycles. The number of nitrogens with zero attached hydrogens (tertiary/aromatic N) is 2. The lowest BCUT2D eigenvalue weighted by Crippen LogP contribution is -2.42. The zero-order chi connectivity index (χ0) is 16.4. The Hall–Kier alpha value is -2.89. The molecule has 3 rings (SSSR count). The van der Waals surface area contributed by atoms with Crippen molar-refractivity contribution in [3.63, 3.8) is 0 Å². The van der Waals surface area contributed by atoms with Crippen molar-refractivity contribution >= 4 is 17.5 Å². The van der Waals surface area contributed by atoms with E-state index in [4.69, 9.17) is 4.74 Å². The Bertz CT molecular complexity index is 746. The molecule has 0 bridgehead atoms. The molecule has 1 atom stereocenters. The Morgan fingerprint density at radius 2 is 2.17 bits per heavy atom. The molecule has 6 nitrogen and oxygen atoms in total. The molecule has 2 heterocycles. The highest BCUT2D eigenvalue weighted by Gasteiger charge is 2.29. The Morgan fingerprint density at radius 1 is 1.35 bits per heavy atom. The van der Waals surface area contributed by atoms with Gasteiger partial charge in [-0.1, -0.05) is 6.07 Å². The second-order valence-corrected chi connectivity index (χ2v) is 5.34. The summed E-state index contributed by atoms with van der Waals surface area (Å²) in [6, 6.07) is 10.6. The van der Waals surface area contributed by atoms with Crippen molar-refractivity contribution in [2.75, 3.05) is 11.9 Å². The number of nitrogens with one attached hydrogen (secondary N) is 1. The van der Waals surface area contributed by atoms with E-state index in [9.17, 15) is 9.59 Å².